The zero-order chi connectivity index (χ0) is 25.4. The van der Waals surface area contributed by atoms with Gasteiger partial charge in [-0.3, -0.25) is 19.6 Å². The van der Waals surface area contributed by atoms with Gasteiger partial charge in [-0.15, -0.1) is 0 Å². The topological polar surface area (TPSA) is 158 Å². The Balaban J connectivity index is 0.000000146. The molecule has 13 heteroatoms. The molecule has 0 saturated carbocycles. The molecule has 3 fully saturated rings. The molecule has 1 aromatic carbocycles. The van der Waals surface area contributed by atoms with Gasteiger partial charge in [0.15, 0.2) is 0 Å². The van der Waals surface area contributed by atoms with Crippen LogP contribution in [0.4, 0.5) is 0 Å². The van der Waals surface area contributed by atoms with E-state index in [1.54, 1.807) is 12.4 Å². The van der Waals surface area contributed by atoms with Crippen LogP contribution in [-0.2, 0) is 26.4 Å². The molecule has 0 unspecified atom stereocenters. The number of aromatic nitrogens is 2. The fourth-order valence-corrected chi connectivity index (χ4v) is 3.96. The Morgan fingerprint density at radius 2 is 1.16 bits per heavy atom. The number of carbonyl (C=O) groups excluding carboxylic acids is 2. The van der Waals surface area contributed by atoms with Gasteiger partial charge in [0.25, 0.3) is 0 Å². The largest absolute Gasteiger partial charge is 0.365 e. The molecular weight excluding hydrogens is 549 g/mol. The van der Waals surface area contributed by atoms with E-state index in [9.17, 15) is 9.59 Å². The molecule has 37 heavy (non-hydrogen) atoms. The summed E-state index contributed by atoms with van der Waals surface area (Å²) in [5, 5.41) is 2.28. The average Bonchev–Trinajstić information content (AvgIpc) is 3.70. The second-order valence-electron chi connectivity index (χ2n) is 8.49. The van der Waals surface area contributed by atoms with E-state index in [0.717, 1.165) is 61.1 Å². The third-order valence-electron chi connectivity index (χ3n) is 5.83. The molecule has 7 rings (SSSR count). The number of halogens is 1. The minimum Gasteiger partial charge on any atom is -0.365 e. The molecule has 1 aliphatic carbocycles. The normalized spacial score (nSPS) is 17.9. The molecule has 1 N–H and O–H groups in total. The summed E-state index contributed by atoms with van der Waals surface area (Å²) in [5.41, 5.74) is 3.84. The Labute approximate surface area is 224 Å². The van der Waals surface area contributed by atoms with Crippen molar-refractivity contribution in [2.45, 2.75) is 0 Å². The van der Waals surface area contributed by atoms with E-state index in [1.165, 1.54) is 6.08 Å². The summed E-state index contributed by atoms with van der Waals surface area (Å²) in [6, 6.07) is 12.1. The SMILES string of the molecule is O=C1C=C(N2CC2)C(=O)C(N2CC2)=C1N1CC1.[Co].[O-][Cl+3]([O-])([O-])O.c1cnc2c(c1)ccc1cccnc12. The third-order valence-corrected chi connectivity index (χ3v) is 5.83. The maximum absolute atomic E-state index is 12.4. The summed E-state index contributed by atoms with van der Waals surface area (Å²) in [7, 11) is -4.69. The van der Waals surface area contributed by atoms with Crippen LogP contribution in [0, 0.1) is 10.2 Å². The number of ketones is 2. The van der Waals surface area contributed by atoms with Crippen molar-refractivity contribution in [1.29, 1.82) is 0 Å². The van der Waals surface area contributed by atoms with Crippen molar-refractivity contribution in [3.05, 3.63) is 72.0 Å². The van der Waals surface area contributed by atoms with Crippen molar-refractivity contribution in [1.82, 2.24) is 24.7 Å². The number of pyridine rings is 2. The summed E-state index contributed by atoms with van der Waals surface area (Å²) in [6.45, 7) is 5.41. The van der Waals surface area contributed by atoms with Gasteiger partial charge in [-0.1, -0.05) is 24.3 Å². The predicted octanol–water partition coefficient (Wildman–Crippen LogP) is -2.16. The van der Waals surface area contributed by atoms with Crippen molar-refractivity contribution in [2.75, 3.05) is 39.3 Å². The summed E-state index contributed by atoms with van der Waals surface area (Å²) in [6.07, 6.45) is 5.13. The molecule has 0 bridgehead atoms. The zero-order valence-electron chi connectivity index (χ0n) is 19.4. The van der Waals surface area contributed by atoms with Crippen LogP contribution in [0.5, 0.6) is 0 Å². The van der Waals surface area contributed by atoms with Crippen LogP contribution in [0.15, 0.2) is 72.0 Å². The van der Waals surface area contributed by atoms with E-state index < -0.39 is 10.2 Å². The molecule has 1 radical (unpaired) electrons. The van der Waals surface area contributed by atoms with E-state index in [-0.39, 0.29) is 28.3 Å². The fraction of sp³-hybridized carbons (Fsp3) is 0.250. The summed E-state index contributed by atoms with van der Waals surface area (Å²) < 4.78 is 32.7. The molecule has 5 heterocycles. The number of carbonyl (C=O) groups is 2. The third kappa shape index (κ3) is 6.62. The van der Waals surface area contributed by atoms with Gasteiger partial charge in [-0.25, -0.2) is 0 Å². The quantitative estimate of drug-likeness (QED) is 0.208. The van der Waals surface area contributed by atoms with Crippen LogP contribution in [0.3, 0.4) is 0 Å². The Morgan fingerprint density at radius 1 is 0.730 bits per heavy atom. The molecule has 0 amide bonds. The van der Waals surface area contributed by atoms with Crippen molar-refractivity contribution in [3.8, 4) is 0 Å². The maximum Gasteiger partial charge on any atom is 0.227 e. The Kier molecular flexibility index (Phi) is 7.80. The number of hydrogen-bond acceptors (Lipinski definition) is 11. The monoisotopic (exact) mass is 570 g/mol. The Bertz CT molecular complexity index is 1350. The number of benzene rings is 1. The predicted molar refractivity (Wildman–Crippen MR) is 119 cm³/mol. The first-order valence-corrected chi connectivity index (χ1v) is 12.5. The van der Waals surface area contributed by atoms with E-state index in [1.807, 2.05) is 26.8 Å². The van der Waals surface area contributed by atoms with Gasteiger partial charge in [-0.2, -0.15) is 14.0 Å². The molecule has 4 aliphatic rings. The van der Waals surface area contributed by atoms with Crippen LogP contribution in [0.1, 0.15) is 0 Å². The molecule has 195 valence electrons. The van der Waals surface area contributed by atoms with Crippen LogP contribution < -0.4 is 14.0 Å². The number of fused-ring (bicyclic) bond motifs is 3. The van der Waals surface area contributed by atoms with Gasteiger partial charge in [0.1, 0.15) is 11.4 Å². The van der Waals surface area contributed by atoms with E-state index in [0.29, 0.717) is 17.1 Å². The second kappa shape index (κ2) is 10.7. The van der Waals surface area contributed by atoms with Crippen molar-refractivity contribution in [3.63, 3.8) is 0 Å². The minimum atomic E-state index is -4.69. The van der Waals surface area contributed by atoms with Crippen LogP contribution in [0.25, 0.3) is 21.8 Å². The second-order valence-corrected chi connectivity index (χ2v) is 9.29. The van der Waals surface area contributed by atoms with Gasteiger partial charge in [0.05, 0.1) is 31.6 Å². The smallest absolute Gasteiger partial charge is 0.227 e. The summed E-state index contributed by atoms with van der Waals surface area (Å²) in [4.78, 5) is 39.2. The van der Waals surface area contributed by atoms with Crippen LogP contribution in [0.2, 0.25) is 0 Å². The first kappa shape index (κ1) is 26.9. The molecule has 3 aromatic rings. The summed E-state index contributed by atoms with van der Waals surface area (Å²) in [5.74, 6) is 0.0485. The molecular formula is C24H22ClCoN5O6. The van der Waals surface area contributed by atoms with Gasteiger partial charge in [0, 0.05) is 85.3 Å². The van der Waals surface area contributed by atoms with E-state index in [2.05, 4.69) is 34.2 Å². The van der Waals surface area contributed by atoms with Crippen LogP contribution in [-0.4, -0.2) is 80.2 Å². The first-order valence-electron chi connectivity index (χ1n) is 11.2. The number of nitrogens with zero attached hydrogens (tertiary/aromatic N) is 5. The number of hydrogen-bond donors (Lipinski definition) is 1. The van der Waals surface area contributed by atoms with E-state index >= 15 is 0 Å². The minimum absolute atomic E-state index is 0. The Hall–Kier alpha value is -3.10. The zero-order valence-corrected chi connectivity index (χ0v) is 21.2. The van der Waals surface area contributed by atoms with Gasteiger partial charge < -0.3 is 14.7 Å². The summed E-state index contributed by atoms with van der Waals surface area (Å²) >= 11 is 0. The van der Waals surface area contributed by atoms with Crippen LogP contribution >= 0.6 is 0 Å². The standard InChI is InChI=1S/C12H13N3O2.C12H8N2.ClHO4.Co/c16-9-7-8(13-1-2-13)12(17)11(15-5-6-15)10(9)14-3-4-14;1-3-9-5-6-10-4-2-8-14-12(10)11(9)13-7-1;2-1(3,4)5;/h7H,1-6H2;1-8H;(H,2,3,4,5);. The molecule has 3 aliphatic heterocycles. The molecule has 0 atom stereocenters. The number of rotatable bonds is 3. The van der Waals surface area contributed by atoms with E-state index in [4.69, 9.17) is 18.6 Å². The van der Waals surface area contributed by atoms with Crippen molar-refractivity contribution < 1.29 is 55.2 Å². The number of allylic oxidation sites excluding steroid dienone is 1. The van der Waals surface area contributed by atoms with Gasteiger partial charge in [0.2, 0.25) is 11.6 Å². The maximum atomic E-state index is 12.4. The first-order chi connectivity index (χ1) is 17.2. The molecule has 3 saturated heterocycles. The van der Waals surface area contributed by atoms with Gasteiger partial charge >= 0.3 is 0 Å². The van der Waals surface area contributed by atoms with Crippen molar-refractivity contribution in [2.24, 2.45) is 0 Å². The molecule has 2 aromatic heterocycles. The Morgan fingerprint density at radius 3 is 1.59 bits per heavy atom. The molecule has 11 nitrogen and oxygen atoms in total. The van der Waals surface area contributed by atoms with Gasteiger partial charge in [-0.05, 0) is 12.1 Å². The van der Waals surface area contributed by atoms with Crippen molar-refractivity contribution >= 4 is 33.4 Å². The fourth-order valence-electron chi connectivity index (χ4n) is 3.96. The molecule has 0 spiro atoms. The number of Topliss-reactive ketones (excluding diaryl/α,β-unsaturated/α-hetero) is 1. The average molecular weight is 571 g/mol.